The Labute approximate surface area is 58.4 Å². The molecule has 0 aromatic carbocycles. The third-order valence-electron chi connectivity index (χ3n) is 1.29. The topological polar surface area (TPSA) is 9.23 Å². The summed E-state index contributed by atoms with van der Waals surface area (Å²) in [7, 11) is 1.74. The van der Waals surface area contributed by atoms with Gasteiger partial charge in [0.2, 0.25) is 0 Å². The monoisotopic (exact) mass is 129 g/mol. The summed E-state index contributed by atoms with van der Waals surface area (Å²) in [6.07, 6.45) is 7.27. The van der Waals surface area contributed by atoms with Crippen LogP contribution in [0.3, 0.4) is 0 Å². The average molecular weight is 129 g/mol. The summed E-state index contributed by atoms with van der Waals surface area (Å²) < 4.78 is 4.89. The van der Waals surface area contributed by atoms with E-state index in [0.717, 1.165) is 13.0 Å². The third kappa shape index (κ3) is 7.96. The normalized spacial score (nSPS) is 10.0. The van der Waals surface area contributed by atoms with E-state index in [-0.39, 0.29) is 0 Å². The summed E-state index contributed by atoms with van der Waals surface area (Å²) in [5.74, 6) is 0. The van der Waals surface area contributed by atoms with Crippen LogP contribution in [0.2, 0.25) is 0 Å². The molecule has 0 aromatic heterocycles. The molecular formula is C8H17O. The lowest BCUT2D eigenvalue weighted by Gasteiger charge is -1.96. The van der Waals surface area contributed by atoms with E-state index in [1.54, 1.807) is 7.11 Å². The van der Waals surface area contributed by atoms with Crippen molar-refractivity contribution >= 4 is 0 Å². The van der Waals surface area contributed by atoms with Gasteiger partial charge in [0.15, 0.2) is 0 Å². The number of hydrogen-bond donors (Lipinski definition) is 0. The molecule has 55 valence electrons. The molecule has 1 nitrogen and oxygen atoms in total. The van der Waals surface area contributed by atoms with Gasteiger partial charge in [-0.05, 0) is 12.8 Å². The van der Waals surface area contributed by atoms with Gasteiger partial charge in [-0.3, -0.25) is 0 Å². The molecule has 0 aliphatic rings. The lowest BCUT2D eigenvalue weighted by atomic mass is 10.2. The summed E-state index contributed by atoms with van der Waals surface area (Å²) in [5.41, 5.74) is 0. The van der Waals surface area contributed by atoms with Crippen LogP contribution in [-0.2, 0) is 4.74 Å². The van der Waals surface area contributed by atoms with Gasteiger partial charge in [-0.2, -0.15) is 0 Å². The first-order valence-corrected chi connectivity index (χ1v) is 3.72. The van der Waals surface area contributed by atoms with Crippen LogP contribution in [0.25, 0.3) is 0 Å². The molecule has 0 aliphatic carbocycles. The van der Waals surface area contributed by atoms with Crippen LogP contribution in [-0.4, -0.2) is 13.7 Å². The highest BCUT2D eigenvalue weighted by Crippen LogP contribution is 2.00. The first kappa shape index (κ1) is 8.96. The van der Waals surface area contributed by atoms with E-state index in [1.807, 2.05) is 0 Å². The fourth-order valence-electron chi connectivity index (χ4n) is 0.694. The van der Waals surface area contributed by atoms with E-state index in [2.05, 4.69) is 13.3 Å². The molecule has 9 heavy (non-hydrogen) atoms. The fourth-order valence-corrected chi connectivity index (χ4v) is 0.694. The first-order valence-electron chi connectivity index (χ1n) is 3.72. The van der Waals surface area contributed by atoms with E-state index < -0.39 is 0 Å². The van der Waals surface area contributed by atoms with Crippen molar-refractivity contribution in [3.63, 3.8) is 0 Å². The molecule has 0 aromatic rings. The highest BCUT2D eigenvalue weighted by Gasteiger charge is 1.86. The molecule has 0 saturated heterocycles. The van der Waals surface area contributed by atoms with Gasteiger partial charge in [-0.15, -0.1) is 0 Å². The average Bonchev–Trinajstić information content (AvgIpc) is 1.89. The van der Waals surface area contributed by atoms with E-state index in [9.17, 15) is 0 Å². The minimum absolute atomic E-state index is 0.879. The predicted molar refractivity (Wildman–Crippen MR) is 40.3 cm³/mol. The van der Waals surface area contributed by atoms with Crippen molar-refractivity contribution in [2.24, 2.45) is 0 Å². The second kappa shape index (κ2) is 7.96. The van der Waals surface area contributed by atoms with E-state index in [0.29, 0.717) is 0 Å². The van der Waals surface area contributed by atoms with Crippen LogP contribution in [0.4, 0.5) is 0 Å². The Hall–Kier alpha value is -0.0400. The van der Waals surface area contributed by atoms with Crippen LogP contribution in [0, 0.1) is 6.42 Å². The zero-order valence-electron chi connectivity index (χ0n) is 6.52. The van der Waals surface area contributed by atoms with Crippen LogP contribution >= 0.6 is 0 Å². The quantitative estimate of drug-likeness (QED) is 0.500. The van der Waals surface area contributed by atoms with Crippen molar-refractivity contribution < 1.29 is 4.74 Å². The molecular weight excluding hydrogens is 112 g/mol. The van der Waals surface area contributed by atoms with Crippen molar-refractivity contribution in [3.8, 4) is 0 Å². The minimum Gasteiger partial charge on any atom is -0.385 e. The Morgan fingerprint density at radius 1 is 1.33 bits per heavy atom. The second-order valence-corrected chi connectivity index (χ2v) is 2.21. The molecule has 0 saturated carbocycles. The van der Waals surface area contributed by atoms with Crippen LogP contribution in [0.1, 0.15) is 32.6 Å². The molecule has 0 unspecified atom stereocenters. The molecule has 0 N–H and O–H groups in total. The van der Waals surface area contributed by atoms with E-state index in [1.165, 1.54) is 19.3 Å². The third-order valence-corrected chi connectivity index (χ3v) is 1.29. The lowest BCUT2D eigenvalue weighted by molar-refractivity contribution is 0.200. The molecule has 1 radical (unpaired) electrons. The molecule has 0 heterocycles. The Balaban J connectivity index is 2.60. The van der Waals surface area contributed by atoms with Crippen molar-refractivity contribution in [2.75, 3.05) is 13.7 Å². The number of rotatable bonds is 6. The number of methoxy groups -OCH3 is 1. The predicted octanol–water partition coefficient (Wildman–Crippen LogP) is 2.42. The van der Waals surface area contributed by atoms with Crippen molar-refractivity contribution in [3.05, 3.63) is 6.42 Å². The smallest absolute Gasteiger partial charge is 0.0465 e. The summed E-state index contributed by atoms with van der Waals surface area (Å²) in [5, 5.41) is 0. The largest absolute Gasteiger partial charge is 0.385 e. The maximum absolute atomic E-state index is 4.89. The van der Waals surface area contributed by atoms with Gasteiger partial charge in [-0.25, -0.2) is 0 Å². The molecule has 1 heteroatoms. The fraction of sp³-hybridized carbons (Fsp3) is 0.875. The van der Waals surface area contributed by atoms with E-state index in [4.69, 9.17) is 4.74 Å². The zero-order chi connectivity index (χ0) is 6.95. The van der Waals surface area contributed by atoms with Crippen molar-refractivity contribution in [1.29, 1.82) is 0 Å². The van der Waals surface area contributed by atoms with Gasteiger partial charge in [-0.1, -0.05) is 26.2 Å². The van der Waals surface area contributed by atoms with Gasteiger partial charge in [0.25, 0.3) is 0 Å². The van der Waals surface area contributed by atoms with Gasteiger partial charge in [0, 0.05) is 13.7 Å². The van der Waals surface area contributed by atoms with Crippen LogP contribution < -0.4 is 0 Å². The molecule has 0 atom stereocenters. The Morgan fingerprint density at radius 2 is 2.11 bits per heavy atom. The van der Waals surface area contributed by atoms with Crippen LogP contribution in [0.5, 0.6) is 0 Å². The summed E-state index contributed by atoms with van der Waals surface area (Å²) in [6, 6.07) is 0. The molecule has 0 amide bonds. The van der Waals surface area contributed by atoms with Gasteiger partial charge < -0.3 is 4.74 Å². The van der Waals surface area contributed by atoms with E-state index >= 15 is 0 Å². The Morgan fingerprint density at radius 3 is 2.67 bits per heavy atom. The highest BCUT2D eigenvalue weighted by molar-refractivity contribution is 4.62. The maximum Gasteiger partial charge on any atom is 0.0465 e. The highest BCUT2D eigenvalue weighted by atomic mass is 16.5. The maximum atomic E-state index is 4.89. The van der Waals surface area contributed by atoms with Gasteiger partial charge >= 0.3 is 0 Å². The molecule has 0 rings (SSSR count). The first-order chi connectivity index (χ1) is 4.41. The second-order valence-electron chi connectivity index (χ2n) is 2.21. The van der Waals surface area contributed by atoms with Gasteiger partial charge in [0.1, 0.15) is 0 Å². The number of ether oxygens (including phenoxy) is 1. The lowest BCUT2D eigenvalue weighted by Crippen LogP contribution is -1.88. The van der Waals surface area contributed by atoms with Gasteiger partial charge in [0.05, 0.1) is 0 Å². The summed E-state index contributed by atoms with van der Waals surface area (Å²) >= 11 is 0. The Bertz CT molecular complexity index is 37.8. The minimum atomic E-state index is 0.879. The van der Waals surface area contributed by atoms with Crippen molar-refractivity contribution in [1.82, 2.24) is 0 Å². The molecule has 0 spiro atoms. The summed E-state index contributed by atoms with van der Waals surface area (Å²) in [4.78, 5) is 0. The van der Waals surface area contributed by atoms with Crippen molar-refractivity contribution in [2.45, 2.75) is 32.6 Å². The zero-order valence-corrected chi connectivity index (χ0v) is 6.52. The Kier molecular flexibility index (Phi) is 7.92. The molecule has 0 bridgehead atoms. The SMILES string of the molecule is CCCC[CH]CCOC. The van der Waals surface area contributed by atoms with Crippen LogP contribution in [0.15, 0.2) is 0 Å². The number of hydrogen-bond acceptors (Lipinski definition) is 1. The molecule has 0 fully saturated rings. The summed E-state index contributed by atoms with van der Waals surface area (Å²) in [6.45, 7) is 3.09. The number of unbranched alkanes of at least 4 members (excludes halogenated alkanes) is 4. The molecule has 0 aliphatic heterocycles. The standard InChI is InChI=1S/C8H17O/c1-3-4-5-6-7-8-9-2/h6H,3-5,7-8H2,1-2H3.